The molecule has 0 radical (unpaired) electrons. The van der Waals surface area contributed by atoms with Crippen LogP contribution in [0.25, 0.3) is 0 Å². The third-order valence-corrected chi connectivity index (χ3v) is 5.13. The quantitative estimate of drug-likeness (QED) is 0.863. The van der Waals surface area contributed by atoms with E-state index in [1.54, 1.807) is 7.11 Å². The summed E-state index contributed by atoms with van der Waals surface area (Å²) in [6.45, 7) is 6.57. The number of amides is 1. The van der Waals surface area contributed by atoms with Crippen LogP contribution in [0.3, 0.4) is 0 Å². The Morgan fingerprint density at radius 3 is 2.50 bits per heavy atom. The van der Waals surface area contributed by atoms with E-state index < -0.39 is 0 Å². The number of benzene rings is 1. The van der Waals surface area contributed by atoms with Gasteiger partial charge in [-0.25, -0.2) is 0 Å². The van der Waals surface area contributed by atoms with Crippen molar-refractivity contribution in [3.8, 4) is 5.75 Å². The average Bonchev–Trinajstić information content (AvgIpc) is 2.62. The molecule has 2 N–H and O–H groups in total. The maximum atomic E-state index is 11.1. The van der Waals surface area contributed by atoms with Gasteiger partial charge in [-0.3, -0.25) is 14.6 Å². The Morgan fingerprint density at radius 1 is 1.17 bits per heavy atom. The fraction of sp³-hybridized carbons (Fsp3) is 0.611. The summed E-state index contributed by atoms with van der Waals surface area (Å²) < 4.78 is 5.23. The molecule has 2 aliphatic heterocycles. The number of nitrogens with zero attached hydrogens (tertiary/aromatic N) is 3. The summed E-state index contributed by atoms with van der Waals surface area (Å²) in [4.78, 5) is 18.4. The highest BCUT2D eigenvalue weighted by molar-refractivity contribution is 5.75. The lowest BCUT2D eigenvalue weighted by Gasteiger charge is -2.43. The second kappa shape index (κ2) is 7.85. The number of likely N-dealkylation sites (tertiary alicyclic amines) is 1. The first-order valence-electron chi connectivity index (χ1n) is 8.79. The van der Waals surface area contributed by atoms with Gasteiger partial charge in [-0.2, -0.15) is 0 Å². The Hall–Kier alpha value is -1.79. The zero-order valence-corrected chi connectivity index (χ0v) is 14.5. The second-order valence-corrected chi connectivity index (χ2v) is 6.72. The van der Waals surface area contributed by atoms with Gasteiger partial charge in [-0.1, -0.05) is 0 Å². The topological polar surface area (TPSA) is 62.0 Å². The molecule has 2 saturated heterocycles. The van der Waals surface area contributed by atoms with E-state index >= 15 is 0 Å². The molecule has 1 amide bonds. The van der Waals surface area contributed by atoms with Gasteiger partial charge >= 0.3 is 0 Å². The van der Waals surface area contributed by atoms with Crippen LogP contribution in [0.15, 0.2) is 24.3 Å². The minimum atomic E-state index is -0.222. The lowest BCUT2D eigenvalue weighted by Crippen LogP contribution is -2.55. The van der Waals surface area contributed by atoms with Gasteiger partial charge in [0.1, 0.15) is 5.75 Å². The van der Waals surface area contributed by atoms with Gasteiger partial charge < -0.3 is 15.4 Å². The number of rotatable bonds is 5. The summed E-state index contributed by atoms with van der Waals surface area (Å²) in [5, 5.41) is 0. The number of hydrogen-bond donors (Lipinski definition) is 1. The van der Waals surface area contributed by atoms with E-state index in [9.17, 15) is 4.79 Å². The van der Waals surface area contributed by atoms with Crippen molar-refractivity contribution < 1.29 is 9.53 Å². The zero-order chi connectivity index (χ0) is 16.9. The summed E-state index contributed by atoms with van der Waals surface area (Å²) >= 11 is 0. The predicted octanol–water partition coefficient (Wildman–Crippen LogP) is 0.767. The van der Waals surface area contributed by atoms with Gasteiger partial charge in [0.25, 0.3) is 0 Å². The van der Waals surface area contributed by atoms with Crippen molar-refractivity contribution in [2.45, 2.75) is 18.9 Å². The van der Waals surface area contributed by atoms with Crippen molar-refractivity contribution in [1.29, 1.82) is 0 Å². The van der Waals surface area contributed by atoms with Gasteiger partial charge in [-0.05, 0) is 43.7 Å². The Labute approximate surface area is 144 Å². The summed E-state index contributed by atoms with van der Waals surface area (Å²) in [6.07, 6.45) is 2.37. The molecule has 1 aromatic rings. The third-order valence-electron chi connectivity index (χ3n) is 5.13. The average molecular weight is 332 g/mol. The van der Waals surface area contributed by atoms with Gasteiger partial charge in [0.15, 0.2) is 0 Å². The van der Waals surface area contributed by atoms with Gasteiger partial charge in [0.2, 0.25) is 5.91 Å². The molecule has 1 unspecified atom stereocenters. The summed E-state index contributed by atoms with van der Waals surface area (Å²) in [6, 6.07) is 8.85. The molecule has 0 aromatic heterocycles. The summed E-state index contributed by atoms with van der Waals surface area (Å²) in [5.41, 5.74) is 6.60. The molecule has 2 heterocycles. The number of anilines is 1. The number of nitrogens with two attached hydrogens (primary N) is 1. The van der Waals surface area contributed by atoms with Gasteiger partial charge in [0, 0.05) is 44.5 Å². The normalized spacial score (nSPS) is 23.2. The number of piperidine rings is 1. The molecule has 2 aliphatic rings. The van der Waals surface area contributed by atoms with Crippen LogP contribution < -0.4 is 15.4 Å². The monoisotopic (exact) mass is 332 g/mol. The second-order valence-electron chi connectivity index (χ2n) is 6.72. The molecule has 1 atom stereocenters. The lowest BCUT2D eigenvalue weighted by molar-refractivity contribution is -0.119. The van der Waals surface area contributed by atoms with Crippen LogP contribution in [0.5, 0.6) is 5.75 Å². The molecule has 0 spiro atoms. The number of hydrogen-bond acceptors (Lipinski definition) is 5. The molecule has 2 fully saturated rings. The van der Waals surface area contributed by atoms with E-state index in [1.807, 2.05) is 12.1 Å². The van der Waals surface area contributed by atoms with Crippen LogP contribution in [-0.4, -0.2) is 74.7 Å². The van der Waals surface area contributed by atoms with Crippen LogP contribution >= 0.6 is 0 Å². The molecule has 3 rings (SSSR count). The largest absolute Gasteiger partial charge is 0.497 e. The van der Waals surface area contributed by atoms with Crippen molar-refractivity contribution in [2.75, 3.05) is 57.8 Å². The standard InChI is InChI=1S/C18H28N4O2/c1-24-17-6-4-15(5-7-17)21-9-11-22(12-10-21)16-3-2-8-20(13-16)14-18(19)23/h4-7,16H,2-3,8-14H2,1H3,(H2,19,23). The minimum Gasteiger partial charge on any atom is -0.497 e. The Kier molecular flexibility index (Phi) is 5.58. The fourth-order valence-electron chi connectivity index (χ4n) is 3.83. The molecule has 1 aromatic carbocycles. The molecule has 6 heteroatoms. The first-order chi connectivity index (χ1) is 11.7. The number of piperazine rings is 1. The summed E-state index contributed by atoms with van der Waals surface area (Å²) in [5.74, 6) is 0.675. The van der Waals surface area contributed by atoms with Crippen LogP contribution in [-0.2, 0) is 4.79 Å². The SMILES string of the molecule is COc1ccc(N2CCN(C3CCCN(CC(N)=O)C3)CC2)cc1. The molecule has 24 heavy (non-hydrogen) atoms. The van der Waals surface area contributed by atoms with Crippen LogP contribution in [0.2, 0.25) is 0 Å². The predicted molar refractivity (Wildman–Crippen MR) is 95.4 cm³/mol. The molecule has 0 aliphatic carbocycles. The minimum absolute atomic E-state index is 0.222. The number of primary amides is 1. The summed E-state index contributed by atoms with van der Waals surface area (Å²) in [7, 11) is 1.69. The smallest absolute Gasteiger partial charge is 0.231 e. The molecular weight excluding hydrogens is 304 g/mol. The van der Waals surface area contributed by atoms with Crippen molar-refractivity contribution in [3.63, 3.8) is 0 Å². The van der Waals surface area contributed by atoms with Crippen molar-refractivity contribution in [1.82, 2.24) is 9.80 Å². The number of methoxy groups -OCH3 is 1. The van der Waals surface area contributed by atoms with E-state index in [-0.39, 0.29) is 5.91 Å². The van der Waals surface area contributed by atoms with Crippen LogP contribution in [0.4, 0.5) is 5.69 Å². The van der Waals surface area contributed by atoms with E-state index in [2.05, 4.69) is 26.8 Å². The highest BCUT2D eigenvalue weighted by Crippen LogP contribution is 2.23. The van der Waals surface area contributed by atoms with E-state index in [1.165, 1.54) is 12.1 Å². The van der Waals surface area contributed by atoms with E-state index in [0.717, 1.165) is 51.4 Å². The van der Waals surface area contributed by atoms with Crippen molar-refractivity contribution in [2.24, 2.45) is 5.73 Å². The highest BCUT2D eigenvalue weighted by Gasteiger charge is 2.28. The van der Waals surface area contributed by atoms with Gasteiger partial charge in [-0.15, -0.1) is 0 Å². The molecule has 6 nitrogen and oxygen atoms in total. The number of carbonyl (C=O) groups is 1. The molecule has 132 valence electrons. The first-order valence-corrected chi connectivity index (χ1v) is 8.79. The third kappa shape index (κ3) is 4.19. The Bertz CT molecular complexity index is 540. The van der Waals surface area contributed by atoms with Crippen molar-refractivity contribution >= 4 is 11.6 Å². The highest BCUT2D eigenvalue weighted by atomic mass is 16.5. The van der Waals surface area contributed by atoms with E-state index in [0.29, 0.717) is 12.6 Å². The Balaban J connectivity index is 1.51. The van der Waals surface area contributed by atoms with Gasteiger partial charge in [0.05, 0.1) is 13.7 Å². The van der Waals surface area contributed by atoms with E-state index in [4.69, 9.17) is 10.5 Å². The number of carbonyl (C=O) groups excluding carboxylic acids is 1. The Morgan fingerprint density at radius 2 is 1.88 bits per heavy atom. The maximum absolute atomic E-state index is 11.1. The molecular formula is C18H28N4O2. The fourth-order valence-corrected chi connectivity index (χ4v) is 3.83. The molecule has 0 saturated carbocycles. The van der Waals surface area contributed by atoms with Crippen LogP contribution in [0, 0.1) is 0 Å². The number of ether oxygens (including phenoxy) is 1. The zero-order valence-electron chi connectivity index (χ0n) is 14.5. The maximum Gasteiger partial charge on any atom is 0.231 e. The molecule has 0 bridgehead atoms. The van der Waals surface area contributed by atoms with Crippen molar-refractivity contribution in [3.05, 3.63) is 24.3 Å². The first kappa shape index (κ1) is 17.0. The van der Waals surface area contributed by atoms with Crippen LogP contribution in [0.1, 0.15) is 12.8 Å². The lowest BCUT2D eigenvalue weighted by atomic mass is 10.0.